The van der Waals surface area contributed by atoms with Crippen LogP contribution in [0.2, 0.25) is 0 Å². The molecule has 5 saturated carbocycles. The zero-order valence-corrected chi connectivity index (χ0v) is 22.1. The lowest BCUT2D eigenvalue weighted by atomic mass is 9.31. The van der Waals surface area contributed by atoms with Gasteiger partial charge in [-0.3, -0.25) is 0 Å². The van der Waals surface area contributed by atoms with Crippen molar-refractivity contribution < 1.29 is 9.84 Å². The van der Waals surface area contributed by atoms with Gasteiger partial charge in [0.05, 0.1) is 18.8 Å². The standard InChI is InChI=1S/C30H50O2/c1-25(2)14-16-30-17-15-28(6)19(23(30)24(25)32-18-30)8-9-21-27(5)12-11-22(31)26(3,4)20(27)10-13-29(21,28)7/h19-24,31H,8-18H2,1-7H3/t19-,20+,21+,22+,23+,24+,27+,28-,29-,30-/m1/s1. The van der Waals surface area contributed by atoms with Crippen molar-refractivity contribution in [2.45, 2.75) is 125 Å². The van der Waals surface area contributed by atoms with Crippen molar-refractivity contribution in [2.24, 2.45) is 56.2 Å². The lowest BCUT2D eigenvalue weighted by Gasteiger charge is -2.73. The first kappa shape index (κ1) is 22.4. The fourth-order valence-electron chi connectivity index (χ4n) is 12.0. The fraction of sp³-hybridized carbons (Fsp3) is 1.00. The van der Waals surface area contributed by atoms with Crippen LogP contribution in [-0.2, 0) is 4.74 Å². The molecule has 0 radical (unpaired) electrons. The summed E-state index contributed by atoms with van der Waals surface area (Å²) in [5.41, 5.74) is 2.16. The van der Waals surface area contributed by atoms with Gasteiger partial charge in [-0.2, -0.15) is 0 Å². The summed E-state index contributed by atoms with van der Waals surface area (Å²) in [5, 5.41) is 10.9. The number of rotatable bonds is 0. The van der Waals surface area contributed by atoms with E-state index < -0.39 is 0 Å². The highest BCUT2D eigenvalue weighted by Crippen LogP contribution is 2.78. The molecule has 0 spiro atoms. The van der Waals surface area contributed by atoms with Crippen LogP contribution in [0.15, 0.2) is 0 Å². The van der Waals surface area contributed by atoms with Crippen molar-refractivity contribution in [3.8, 4) is 0 Å². The summed E-state index contributed by atoms with van der Waals surface area (Å²) in [6.45, 7) is 18.9. The molecular formula is C30H50O2. The van der Waals surface area contributed by atoms with Crippen LogP contribution in [-0.4, -0.2) is 23.9 Å². The molecule has 1 N–H and O–H groups in total. The van der Waals surface area contributed by atoms with E-state index in [0.717, 1.165) is 30.8 Å². The highest BCUT2D eigenvalue weighted by atomic mass is 16.5. The van der Waals surface area contributed by atoms with Crippen LogP contribution < -0.4 is 0 Å². The Balaban J connectivity index is 1.39. The molecule has 5 aliphatic carbocycles. The Kier molecular flexibility index (Phi) is 4.46. The Labute approximate surface area is 197 Å². The minimum absolute atomic E-state index is 0.0586. The Hall–Kier alpha value is -0.0800. The van der Waals surface area contributed by atoms with Crippen molar-refractivity contribution in [1.82, 2.24) is 0 Å². The minimum atomic E-state index is -0.122. The number of aliphatic hydroxyl groups excluding tert-OH is 1. The van der Waals surface area contributed by atoms with Gasteiger partial charge in [0.2, 0.25) is 0 Å². The van der Waals surface area contributed by atoms with Gasteiger partial charge in [-0.1, -0.05) is 48.5 Å². The van der Waals surface area contributed by atoms with E-state index >= 15 is 0 Å². The van der Waals surface area contributed by atoms with Gasteiger partial charge in [0, 0.05) is 0 Å². The smallest absolute Gasteiger partial charge is 0.0663 e. The maximum Gasteiger partial charge on any atom is 0.0663 e. The summed E-state index contributed by atoms with van der Waals surface area (Å²) in [5.74, 6) is 3.11. The Morgan fingerprint density at radius 3 is 2.16 bits per heavy atom. The van der Waals surface area contributed by atoms with Crippen molar-refractivity contribution in [3.05, 3.63) is 0 Å². The monoisotopic (exact) mass is 442 g/mol. The van der Waals surface area contributed by atoms with Crippen LogP contribution in [0.3, 0.4) is 0 Å². The van der Waals surface area contributed by atoms with Crippen LogP contribution in [0.1, 0.15) is 113 Å². The van der Waals surface area contributed by atoms with E-state index in [9.17, 15) is 5.11 Å². The van der Waals surface area contributed by atoms with E-state index in [4.69, 9.17) is 4.74 Å². The van der Waals surface area contributed by atoms with E-state index in [-0.39, 0.29) is 11.5 Å². The molecule has 32 heavy (non-hydrogen) atoms. The highest BCUT2D eigenvalue weighted by molar-refractivity contribution is 5.21. The first-order chi connectivity index (χ1) is 14.8. The molecule has 182 valence electrons. The molecule has 6 aliphatic rings. The van der Waals surface area contributed by atoms with Gasteiger partial charge in [-0.15, -0.1) is 0 Å². The predicted octanol–water partition coefficient (Wildman–Crippen LogP) is 7.24. The molecule has 0 amide bonds. The molecule has 1 saturated heterocycles. The third kappa shape index (κ3) is 2.41. The van der Waals surface area contributed by atoms with Crippen molar-refractivity contribution in [1.29, 1.82) is 0 Å². The first-order valence-corrected chi connectivity index (χ1v) is 14.1. The molecule has 2 bridgehead atoms. The van der Waals surface area contributed by atoms with E-state index in [0.29, 0.717) is 39.1 Å². The van der Waals surface area contributed by atoms with Gasteiger partial charge < -0.3 is 9.84 Å². The number of hydrogen-bond donors (Lipinski definition) is 1. The quantitative estimate of drug-likeness (QED) is 0.428. The zero-order valence-electron chi connectivity index (χ0n) is 22.1. The molecule has 2 nitrogen and oxygen atoms in total. The van der Waals surface area contributed by atoms with E-state index in [1.54, 1.807) is 0 Å². The molecule has 0 aromatic heterocycles. The number of aliphatic hydroxyl groups is 1. The van der Waals surface area contributed by atoms with Gasteiger partial charge in [-0.05, 0) is 120 Å². The van der Waals surface area contributed by atoms with Crippen molar-refractivity contribution in [2.75, 3.05) is 6.61 Å². The fourth-order valence-corrected chi connectivity index (χ4v) is 12.0. The Morgan fingerprint density at radius 1 is 0.688 bits per heavy atom. The molecule has 2 heteroatoms. The van der Waals surface area contributed by atoms with Gasteiger partial charge in [0.25, 0.3) is 0 Å². The number of fused-ring (bicyclic) bond motifs is 5. The number of ether oxygens (including phenoxy) is 1. The third-order valence-corrected chi connectivity index (χ3v) is 14.1. The molecule has 6 rings (SSSR count). The molecule has 1 heterocycles. The minimum Gasteiger partial charge on any atom is -0.393 e. The molecular weight excluding hydrogens is 392 g/mol. The SMILES string of the molecule is CC1(C)CC[C@]23CC[C@]4(C)[C@H](CC[C@H]5[C@@]6(C)CC[C@H](O)C(C)(C)[C@@H]6CC[C@]54C)[C@H]2[C@@H]1OC3. The maximum absolute atomic E-state index is 10.9. The maximum atomic E-state index is 10.9. The largest absolute Gasteiger partial charge is 0.393 e. The summed E-state index contributed by atoms with van der Waals surface area (Å²) >= 11 is 0. The van der Waals surface area contributed by atoms with Crippen molar-refractivity contribution in [3.63, 3.8) is 0 Å². The lowest BCUT2D eigenvalue weighted by molar-refractivity contribution is -0.252. The van der Waals surface area contributed by atoms with Crippen LogP contribution in [0.4, 0.5) is 0 Å². The zero-order chi connectivity index (χ0) is 22.9. The van der Waals surface area contributed by atoms with Crippen LogP contribution in [0.5, 0.6) is 0 Å². The van der Waals surface area contributed by atoms with Crippen LogP contribution in [0, 0.1) is 56.2 Å². The molecule has 0 unspecified atom stereocenters. The average molecular weight is 443 g/mol. The van der Waals surface area contributed by atoms with Crippen LogP contribution >= 0.6 is 0 Å². The summed E-state index contributed by atoms with van der Waals surface area (Å²) in [4.78, 5) is 0. The van der Waals surface area contributed by atoms with Gasteiger partial charge in [0.15, 0.2) is 0 Å². The summed E-state index contributed by atoms with van der Waals surface area (Å²) in [6, 6.07) is 0. The molecule has 6 fully saturated rings. The van der Waals surface area contributed by atoms with Gasteiger partial charge in [0.1, 0.15) is 0 Å². The molecule has 1 aliphatic heterocycles. The van der Waals surface area contributed by atoms with E-state index in [1.807, 2.05) is 0 Å². The van der Waals surface area contributed by atoms with E-state index in [2.05, 4.69) is 48.5 Å². The Bertz CT molecular complexity index is 801. The third-order valence-electron chi connectivity index (χ3n) is 14.1. The second-order valence-corrected chi connectivity index (χ2v) is 15.7. The van der Waals surface area contributed by atoms with Crippen molar-refractivity contribution >= 4 is 0 Å². The topological polar surface area (TPSA) is 29.5 Å². The van der Waals surface area contributed by atoms with Gasteiger partial charge in [-0.25, -0.2) is 0 Å². The highest BCUT2D eigenvalue weighted by Gasteiger charge is 2.72. The van der Waals surface area contributed by atoms with Gasteiger partial charge >= 0.3 is 0 Å². The second kappa shape index (κ2) is 6.37. The lowest BCUT2D eigenvalue weighted by Crippen LogP contribution is -2.67. The van der Waals surface area contributed by atoms with Crippen LogP contribution in [0.25, 0.3) is 0 Å². The summed E-state index contributed by atoms with van der Waals surface area (Å²) in [7, 11) is 0. The average Bonchev–Trinajstić information content (AvgIpc) is 3.05. The molecule has 0 aromatic carbocycles. The normalized spacial score (nSPS) is 60.0. The predicted molar refractivity (Wildman–Crippen MR) is 130 cm³/mol. The van der Waals surface area contributed by atoms with E-state index in [1.165, 1.54) is 57.8 Å². The molecule has 10 atom stereocenters. The molecule has 0 aromatic rings. The second-order valence-electron chi connectivity index (χ2n) is 15.7. The number of hydrogen-bond acceptors (Lipinski definition) is 2. The summed E-state index contributed by atoms with van der Waals surface area (Å²) in [6.07, 6.45) is 13.7. The summed E-state index contributed by atoms with van der Waals surface area (Å²) < 4.78 is 6.71. The Morgan fingerprint density at radius 2 is 1.41 bits per heavy atom. The first-order valence-electron chi connectivity index (χ1n) is 14.1.